The summed E-state index contributed by atoms with van der Waals surface area (Å²) >= 11 is 5.82. The van der Waals surface area contributed by atoms with Gasteiger partial charge in [-0.2, -0.15) is 0 Å². The van der Waals surface area contributed by atoms with E-state index in [2.05, 4.69) is 5.32 Å². The Balaban J connectivity index is 2.58. The minimum atomic E-state index is -0.348. The number of nitrogens with one attached hydrogen (secondary N) is 1. The molecule has 1 N–H and O–H groups in total. The largest absolute Gasteiger partial charge is 0.458 e. The van der Waals surface area contributed by atoms with Gasteiger partial charge in [0.25, 0.3) is 0 Å². The molecule has 1 aromatic carbocycles. The van der Waals surface area contributed by atoms with Crippen LogP contribution in [0.2, 0.25) is 5.02 Å². The predicted octanol–water partition coefficient (Wildman–Crippen LogP) is 2.94. The fraction of sp³-hybridized carbons (Fsp3) is 0.200. The highest BCUT2D eigenvalue weighted by molar-refractivity contribution is 6.34. The summed E-state index contributed by atoms with van der Waals surface area (Å²) < 4.78 is 18.4. The fourth-order valence-electron chi connectivity index (χ4n) is 1.39. The van der Waals surface area contributed by atoms with Crippen molar-refractivity contribution in [3.8, 4) is 0 Å². The number of benzene rings is 1. The van der Waals surface area contributed by atoms with Gasteiger partial charge in [-0.05, 0) is 25.2 Å². The zero-order valence-corrected chi connectivity index (χ0v) is 8.36. The normalized spacial score (nSPS) is 11.1. The van der Waals surface area contributed by atoms with Crippen molar-refractivity contribution in [2.75, 3.05) is 7.05 Å². The van der Waals surface area contributed by atoms with E-state index in [1.54, 1.807) is 6.07 Å². The second-order valence-electron chi connectivity index (χ2n) is 3.05. The maximum absolute atomic E-state index is 13.0. The van der Waals surface area contributed by atoms with E-state index in [0.29, 0.717) is 22.5 Å². The Morgan fingerprint density at radius 3 is 2.93 bits per heavy atom. The van der Waals surface area contributed by atoms with Crippen LogP contribution in [0.25, 0.3) is 11.0 Å². The topological polar surface area (TPSA) is 25.2 Å². The van der Waals surface area contributed by atoms with Gasteiger partial charge < -0.3 is 9.73 Å². The third-order valence-corrected chi connectivity index (χ3v) is 2.22. The lowest BCUT2D eigenvalue weighted by atomic mass is 10.2. The molecule has 0 fully saturated rings. The van der Waals surface area contributed by atoms with Gasteiger partial charge in [-0.3, -0.25) is 0 Å². The van der Waals surface area contributed by atoms with E-state index >= 15 is 0 Å². The van der Waals surface area contributed by atoms with Gasteiger partial charge in [-0.1, -0.05) is 11.6 Å². The van der Waals surface area contributed by atoms with Gasteiger partial charge in [0.15, 0.2) is 5.58 Å². The first-order valence-corrected chi connectivity index (χ1v) is 4.60. The van der Waals surface area contributed by atoms with Crippen LogP contribution in [-0.4, -0.2) is 7.05 Å². The molecular formula is C10H9ClFNO. The van der Waals surface area contributed by atoms with E-state index in [0.717, 1.165) is 5.76 Å². The monoisotopic (exact) mass is 213 g/mol. The van der Waals surface area contributed by atoms with Crippen molar-refractivity contribution in [1.29, 1.82) is 0 Å². The van der Waals surface area contributed by atoms with Crippen LogP contribution in [0.15, 0.2) is 22.6 Å². The van der Waals surface area contributed by atoms with Crippen molar-refractivity contribution in [1.82, 2.24) is 5.32 Å². The standard InChI is InChI=1S/C10H9ClFNO/c1-13-5-8-3-6-2-7(12)4-9(11)10(6)14-8/h2-4,13H,5H2,1H3. The molecule has 0 aliphatic heterocycles. The molecule has 74 valence electrons. The summed E-state index contributed by atoms with van der Waals surface area (Å²) in [6, 6.07) is 4.43. The SMILES string of the molecule is CNCc1cc2cc(F)cc(Cl)c2o1. The molecule has 0 aliphatic rings. The van der Waals surface area contributed by atoms with Crippen molar-refractivity contribution < 1.29 is 8.81 Å². The molecule has 0 aliphatic carbocycles. The first kappa shape index (κ1) is 9.49. The smallest absolute Gasteiger partial charge is 0.153 e. The molecule has 1 aromatic heterocycles. The molecule has 0 saturated heterocycles. The Morgan fingerprint density at radius 2 is 2.21 bits per heavy atom. The van der Waals surface area contributed by atoms with Crippen LogP contribution in [-0.2, 0) is 6.54 Å². The molecule has 4 heteroatoms. The average Bonchev–Trinajstić information content (AvgIpc) is 2.48. The molecular weight excluding hydrogens is 205 g/mol. The third kappa shape index (κ3) is 1.61. The molecule has 14 heavy (non-hydrogen) atoms. The molecule has 0 unspecified atom stereocenters. The molecule has 0 bridgehead atoms. The van der Waals surface area contributed by atoms with E-state index in [-0.39, 0.29) is 5.82 Å². The average molecular weight is 214 g/mol. The van der Waals surface area contributed by atoms with Crippen LogP contribution in [0, 0.1) is 5.82 Å². The Bertz CT molecular complexity index is 466. The first-order valence-electron chi connectivity index (χ1n) is 4.23. The van der Waals surface area contributed by atoms with Gasteiger partial charge in [0, 0.05) is 5.39 Å². The van der Waals surface area contributed by atoms with Crippen molar-refractivity contribution in [2.24, 2.45) is 0 Å². The van der Waals surface area contributed by atoms with Gasteiger partial charge in [-0.15, -0.1) is 0 Å². The van der Waals surface area contributed by atoms with Crippen molar-refractivity contribution in [3.05, 3.63) is 34.8 Å². The molecule has 0 atom stereocenters. The number of furan rings is 1. The fourth-order valence-corrected chi connectivity index (χ4v) is 1.64. The number of halogens is 2. The van der Waals surface area contributed by atoms with Gasteiger partial charge >= 0.3 is 0 Å². The maximum Gasteiger partial charge on any atom is 0.153 e. The van der Waals surface area contributed by atoms with Gasteiger partial charge in [0.2, 0.25) is 0 Å². The van der Waals surface area contributed by atoms with Crippen LogP contribution < -0.4 is 5.32 Å². The zero-order chi connectivity index (χ0) is 10.1. The Kier molecular flexibility index (Phi) is 2.44. The van der Waals surface area contributed by atoms with Crippen LogP contribution >= 0.6 is 11.6 Å². The minimum Gasteiger partial charge on any atom is -0.458 e. The highest BCUT2D eigenvalue weighted by atomic mass is 35.5. The summed E-state index contributed by atoms with van der Waals surface area (Å²) in [5, 5.41) is 3.95. The Labute approximate surface area is 85.7 Å². The second-order valence-corrected chi connectivity index (χ2v) is 3.46. The number of hydrogen-bond donors (Lipinski definition) is 1. The summed E-state index contributed by atoms with van der Waals surface area (Å²) in [5.41, 5.74) is 0.540. The molecule has 0 amide bonds. The molecule has 0 saturated carbocycles. The molecule has 2 rings (SSSR count). The van der Waals surface area contributed by atoms with E-state index in [1.165, 1.54) is 12.1 Å². The van der Waals surface area contributed by atoms with E-state index in [1.807, 2.05) is 7.05 Å². The lowest BCUT2D eigenvalue weighted by molar-refractivity contribution is 0.530. The summed E-state index contributed by atoms with van der Waals surface area (Å²) in [6.45, 7) is 0.604. The molecule has 1 heterocycles. The van der Waals surface area contributed by atoms with E-state index in [4.69, 9.17) is 16.0 Å². The van der Waals surface area contributed by atoms with Crippen molar-refractivity contribution >= 4 is 22.6 Å². The lowest BCUT2D eigenvalue weighted by Crippen LogP contribution is -2.03. The Morgan fingerprint density at radius 1 is 1.43 bits per heavy atom. The summed E-state index contributed by atoms with van der Waals surface area (Å²) in [5.74, 6) is 0.398. The number of rotatable bonds is 2. The summed E-state index contributed by atoms with van der Waals surface area (Å²) in [6.07, 6.45) is 0. The van der Waals surface area contributed by atoms with Crippen LogP contribution in [0.4, 0.5) is 4.39 Å². The zero-order valence-electron chi connectivity index (χ0n) is 7.60. The number of fused-ring (bicyclic) bond motifs is 1. The molecule has 2 nitrogen and oxygen atoms in total. The minimum absolute atomic E-state index is 0.308. The van der Waals surface area contributed by atoms with Gasteiger partial charge in [0.05, 0.1) is 11.6 Å². The van der Waals surface area contributed by atoms with E-state index in [9.17, 15) is 4.39 Å². The highest BCUT2D eigenvalue weighted by Gasteiger charge is 2.08. The second kappa shape index (κ2) is 3.59. The molecule has 0 spiro atoms. The lowest BCUT2D eigenvalue weighted by Gasteiger charge is -1.93. The third-order valence-electron chi connectivity index (χ3n) is 1.94. The van der Waals surface area contributed by atoms with Crippen LogP contribution in [0.5, 0.6) is 0 Å². The summed E-state index contributed by atoms with van der Waals surface area (Å²) in [4.78, 5) is 0. The van der Waals surface area contributed by atoms with Crippen molar-refractivity contribution in [2.45, 2.75) is 6.54 Å². The summed E-state index contributed by atoms with van der Waals surface area (Å²) in [7, 11) is 1.81. The highest BCUT2D eigenvalue weighted by Crippen LogP contribution is 2.27. The maximum atomic E-state index is 13.0. The van der Waals surface area contributed by atoms with Crippen LogP contribution in [0.3, 0.4) is 0 Å². The van der Waals surface area contributed by atoms with Crippen LogP contribution in [0.1, 0.15) is 5.76 Å². The predicted molar refractivity (Wildman–Crippen MR) is 53.9 cm³/mol. The molecule has 0 radical (unpaired) electrons. The Hall–Kier alpha value is -1.06. The van der Waals surface area contributed by atoms with Crippen molar-refractivity contribution in [3.63, 3.8) is 0 Å². The van der Waals surface area contributed by atoms with Gasteiger partial charge in [0.1, 0.15) is 11.6 Å². The molecule has 2 aromatic rings. The first-order chi connectivity index (χ1) is 6.70. The quantitative estimate of drug-likeness (QED) is 0.830. The van der Waals surface area contributed by atoms with Gasteiger partial charge in [-0.25, -0.2) is 4.39 Å². The number of hydrogen-bond acceptors (Lipinski definition) is 2. The van der Waals surface area contributed by atoms with E-state index < -0.39 is 0 Å².